The summed E-state index contributed by atoms with van der Waals surface area (Å²) in [5.41, 5.74) is 3.03. The number of aromatic nitrogens is 2. The van der Waals surface area contributed by atoms with Crippen molar-refractivity contribution in [2.45, 2.75) is 58.8 Å². The third kappa shape index (κ3) is 4.84. The van der Waals surface area contributed by atoms with Crippen molar-refractivity contribution in [3.05, 3.63) is 23.0 Å². The first-order chi connectivity index (χ1) is 12.9. The van der Waals surface area contributed by atoms with E-state index in [2.05, 4.69) is 41.5 Å². The molecule has 1 saturated carbocycles. The van der Waals surface area contributed by atoms with Gasteiger partial charge in [0, 0.05) is 18.2 Å². The predicted molar refractivity (Wildman–Crippen MR) is 112 cm³/mol. The van der Waals surface area contributed by atoms with Gasteiger partial charge < -0.3 is 15.2 Å². The number of rotatable bonds is 6. The molecule has 1 amide bonds. The van der Waals surface area contributed by atoms with Gasteiger partial charge in [-0.2, -0.15) is 0 Å². The Hall–Kier alpha value is -1.66. The van der Waals surface area contributed by atoms with Crippen LogP contribution in [0.15, 0.2) is 10.6 Å². The van der Waals surface area contributed by atoms with E-state index >= 15 is 0 Å². The molecule has 0 spiro atoms. The molecule has 154 valence electrons. The minimum Gasteiger partial charge on any atom is -0.352 e. The molecule has 2 aliphatic rings. The highest BCUT2D eigenvalue weighted by Crippen LogP contribution is 2.40. The molecule has 0 aromatic carbocycles. The van der Waals surface area contributed by atoms with Crippen LogP contribution < -0.4 is 10.6 Å². The molecule has 1 aliphatic heterocycles. The zero-order valence-corrected chi connectivity index (χ0v) is 17.8. The fourth-order valence-corrected chi connectivity index (χ4v) is 3.87. The number of halogens is 1. The summed E-state index contributed by atoms with van der Waals surface area (Å²) in [6, 6.07) is 1.97. The molecule has 2 N–H and O–H groups in total. The summed E-state index contributed by atoms with van der Waals surface area (Å²) in [5.74, 6) is 1.09. The normalized spacial score (nSPS) is 19.6. The van der Waals surface area contributed by atoms with Gasteiger partial charge in [0.1, 0.15) is 0 Å². The van der Waals surface area contributed by atoms with Crippen LogP contribution in [-0.4, -0.2) is 35.7 Å². The molecule has 0 bridgehead atoms. The Kier molecular flexibility index (Phi) is 6.30. The Morgan fingerprint density at radius 3 is 2.75 bits per heavy atom. The van der Waals surface area contributed by atoms with Crippen LogP contribution in [0.3, 0.4) is 0 Å². The van der Waals surface area contributed by atoms with E-state index in [1.54, 1.807) is 0 Å². The summed E-state index contributed by atoms with van der Waals surface area (Å²) >= 11 is 0. The van der Waals surface area contributed by atoms with E-state index < -0.39 is 0 Å². The summed E-state index contributed by atoms with van der Waals surface area (Å²) in [6.07, 6.45) is 5.23. The lowest BCUT2D eigenvalue weighted by molar-refractivity contribution is 0.0953. The second-order valence-corrected chi connectivity index (χ2v) is 9.32. The van der Waals surface area contributed by atoms with E-state index in [-0.39, 0.29) is 23.7 Å². The Morgan fingerprint density at radius 2 is 2.11 bits per heavy atom. The van der Waals surface area contributed by atoms with E-state index in [9.17, 15) is 4.79 Å². The molecule has 3 heterocycles. The molecule has 0 radical (unpaired) electrons. The lowest BCUT2D eigenvalue weighted by Gasteiger charge is -2.16. The van der Waals surface area contributed by atoms with Gasteiger partial charge >= 0.3 is 0 Å². The van der Waals surface area contributed by atoms with Gasteiger partial charge in [-0.05, 0) is 62.6 Å². The van der Waals surface area contributed by atoms with Crippen molar-refractivity contribution in [2.75, 3.05) is 19.6 Å². The molecule has 2 fully saturated rings. The molecule has 1 unspecified atom stereocenters. The number of pyridine rings is 1. The van der Waals surface area contributed by atoms with Crippen molar-refractivity contribution in [1.82, 2.24) is 20.8 Å². The largest absolute Gasteiger partial charge is 0.352 e. The lowest BCUT2D eigenvalue weighted by Crippen LogP contribution is -2.27. The quantitative estimate of drug-likeness (QED) is 0.761. The smallest absolute Gasteiger partial charge is 0.259 e. The number of fused-ring (bicyclic) bond motifs is 1. The summed E-state index contributed by atoms with van der Waals surface area (Å²) in [4.78, 5) is 17.7. The molecule has 2 aromatic rings. The fourth-order valence-electron chi connectivity index (χ4n) is 3.87. The SMILES string of the molecule is CC(C)(C)Cc1noc2nc(C3CC3)cc(C(=O)NCCC3CCNC3)c12.Cl. The number of amides is 1. The van der Waals surface area contributed by atoms with Crippen LogP contribution in [0.2, 0.25) is 0 Å². The standard InChI is InChI=1S/C21H30N4O2.ClH/c1-21(2,3)11-17-18-15(19(26)23-9-7-13-6-8-22-12-13)10-16(14-4-5-14)24-20(18)27-25-17;/h10,13-14,22H,4-9,11-12H2,1-3H3,(H,23,26);1H. The maximum absolute atomic E-state index is 13.0. The van der Waals surface area contributed by atoms with Gasteiger partial charge in [-0.25, -0.2) is 4.98 Å². The Bertz CT molecular complexity index is 833. The molecule has 4 rings (SSSR count). The predicted octanol–water partition coefficient (Wildman–Crippen LogP) is 3.84. The second-order valence-electron chi connectivity index (χ2n) is 9.32. The van der Waals surface area contributed by atoms with Crippen molar-refractivity contribution in [3.63, 3.8) is 0 Å². The third-order valence-electron chi connectivity index (χ3n) is 5.48. The maximum Gasteiger partial charge on any atom is 0.259 e. The van der Waals surface area contributed by atoms with Crippen LogP contribution in [0, 0.1) is 11.3 Å². The van der Waals surface area contributed by atoms with Crippen LogP contribution in [0.25, 0.3) is 11.1 Å². The number of hydrogen-bond acceptors (Lipinski definition) is 5. The van der Waals surface area contributed by atoms with Gasteiger partial charge in [0.25, 0.3) is 11.6 Å². The van der Waals surface area contributed by atoms with Crippen LogP contribution in [0.5, 0.6) is 0 Å². The van der Waals surface area contributed by atoms with Crippen LogP contribution in [0.4, 0.5) is 0 Å². The Morgan fingerprint density at radius 1 is 1.32 bits per heavy atom. The molecule has 6 nitrogen and oxygen atoms in total. The topological polar surface area (TPSA) is 80.0 Å². The highest BCUT2D eigenvalue weighted by Gasteiger charge is 2.30. The minimum absolute atomic E-state index is 0. The highest BCUT2D eigenvalue weighted by atomic mass is 35.5. The highest BCUT2D eigenvalue weighted by molar-refractivity contribution is 6.06. The Balaban J connectivity index is 0.00000225. The second kappa shape index (κ2) is 8.37. The lowest BCUT2D eigenvalue weighted by atomic mass is 9.89. The fraction of sp³-hybridized carbons (Fsp3) is 0.667. The molecule has 28 heavy (non-hydrogen) atoms. The monoisotopic (exact) mass is 406 g/mol. The molecule has 1 saturated heterocycles. The van der Waals surface area contributed by atoms with Crippen molar-refractivity contribution in [2.24, 2.45) is 11.3 Å². The van der Waals surface area contributed by atoms with Crippen LogP contribution >= 0.6 is 12.4 Å². The average molecular weight is 407 g/mol. The molecular weight excluding hydrogens is 376 g/mol. The molecule has 2 aromatic heterocycles. The van der Waals surface area contributed by atoms with E-state index in [4.69, 9.17) is 4.52 Å². The molecule has 1 aliphatic carbocycles. The summed E-state index contributed by atoms with van der Waals surface area (Å²) < 4.78 is 5.54. The third-order valence-corrected chi connectivity index (χ3v) is 5.48. The van der Waals surface area contributed by atoms with Gasteiger partial charge in [0.2, 0.25) is 0 Å². The number of carbonyl (C=O) groups is 1. The Labute approximate surface area is 172 Å². The van der Waals surface area contributed by atoms with Crippen molar-refractivity contribution in [1.29, 1.82) is 0 Å². The van der Waals surface area contributed by atoms with Gasteiger partial charge in [-0.15, -0.1) is 12.4 Å². The number of nitrogens with zero attached hydrogens (tertiary/aromatic N) is 2. The van der Waals surface area contributed by atoms with Crippen LogP contribution in [-0.2, 0) is 6.42 Å². The first-order valence-electron chi connectivity index (χ1n) is 10.2. The van der Waals surface area contributed by atoms with Crippen molar-refractivity contribution in [3.8, 4) is 0 Å². The van der Waals surface area contributed by atoms with Crippen LogP contribution in [0.1, 0.15) is 74.1 Å². The summed E-state index contributed by atoms with van der Waals surface area (Å²) in [5, 5.41) is 11.5. The van der Waals surface area contributed by atoms with Crippen molar-refractivity contribution >= 4 is 29.4 Å². The van der Waals surface area contributed by atoms with E-state index in [1.165, 1.54) is 6.42 Å². The van der Waals surface area contributed by atoms with Gasteiger partial charge in [0.05, 0.1) is 16.6 Å². The average Bonchev–Trinajstić information content (AvgIpc) is 3.20. The summed E-state index contributed by atoms with van der Waals surface area (Å²) in [7, 11) is 0. The molecule has 1 atom stereocenters. The van der Waals surface area contributed by atoms with Crippen molar-refractivity contribution < 1.29 is 9.32 Å². The number of carbonyl (C=O) groups excluding carboxylic acids is 1. The minimum atomic E-state index is -0.0337. The number of nitrogens with one attached hydrogen (secondary N) is 2. The first kappa shape index (κ1) is 21.1. The molecular formula is C21H31ClN4O2. The first-order valence-corrected chi connectivity index (χ1v) is 10.2. The zero-order valence-electron chi connectivity index (χ0n) is 17.0. The summed E-state index contributed by atoms with van der Waals surface area (Å²) in [6.45, 7) is 9.33. The van der Waals surface area contributed by atoms with E-state index in [0.717, 1.165) is 55.5 Å². The number of hydrogen-bond donors (Lipinski definition) is 2. The van der Waals surface area contributed by atoms with Gasteiger partial charge in [-0.1, -0.05) is 25.9 Å². The van der Waals surface area contributed by atoms with E-state index in [1.807, 2.05) is 6.07 Å². The van der Waals surface area contributed by atoms with E-state index in [0.29, 0.717) is 29.7 Å². The van der Waals surface area contributed by atoms with Gasteiger partial charge in [-0.3, -0.25) is 4.79 Å². The van der Waals surface area contributed by atoms with Gasteiger partial charge in [0.15, 0.2) is 0 Å². The zero-order chi connectivity index (χ0) is 19.0. The molecule has 7 heteroatoms. The maximum atomic E-state index is 13.0.